The van der Waals surface area contributed by atoms with Crippen molar-refractivity contribution < 1.29 is 17.5 Å². The number of sulfonamides is 1. The molecule has 1 saturated heterocycles. The fourth-order valence-corrected chi connectivity index (χ4v) is 5.59. The van der Waals surface area contributed by atoms with Crippen LogP contribution in [0, 0.1) is 12.7 Å². The highest BCUT2D eigenvalue weighted by Gasteiger charge is 2.21. The number of halogens is 1. The minimum Gasteiger partial charge on any atom is -0.378 e. The summed E-state index contributed by atoms with van der Waals surface area (Å²) >= 11 is 0. The van der Waals surface area contributed by atoms with Gasteiger partial charge in [0.1, 0.15) is 5.82 Å². The van der Waals surface area contributed by atoms with Crippen LogP contribution in [0.3, 0.4) is 0 Å². The van der Waals surface area contributed by atoms with Crippen molar-refractivity contribution in [2.45, 2.75) is 11.8 Å². The average Bonchev–Trinajstić information content (AvgIpc) is 2.85. The summed E-state index contributed by atoms with van der Waals surface area (Å²) in [6, 6.07) is 14.1. The normalized spacial score (nSPS) is 14.2. The van der Waals surface area contributed by atoms with E-state index in [1.807, 2.05) is 0 Å². The number of morpholine rings is 1. The van der Waals surface area contributed by atoms with Crippen molar-refractivity contribution in [3.05, 3.63) is 86.7 Å². The summed E-state index contributed by atoms with van der Waals surface area (Å²) in [4.78, 5) is 30.3. The minimum absolute atomic E-state index is 0.0340. The Hall–Kier alpha value is -3.96. The first-order chi connectivity index (χ1) is 17.2. The molecule has 2 heterocycles. The quantitative estimate of drug-likeness (QED) is 0.355. The Bertz CT molecular complexity index is 1670. The van der Waals surface area contributed by atoms with E-state index in [1.54, 1.807) is 37.3 Å². The van der Waals surface area contributed by atoms with Gasteiger partial charge in [-0.3, -0.25) is 14.3 Å². The Kier molecular flexibility index (Phi) is 6.10. The Labute approximate surface area is 205 Å². The van der Waals surface area contributed by atoms with Crippen LogP contribution >= 0.6 is 0 Å². The molecule has 1 aliphatic heterocycles. The molecule has 1 fully saturated rings. The van der Waals surface area contributed by atoms with Gasteiger partial charge in [-0.15, -0.1) is 0 Å². The van der Waals surface area contributed by atoms with Crippen molar-refractivity contribution in [3.8, 4) is 11.1 Å². The number of hydrogen-bond donors (Lipinski definition) is 3. The van der Waals surface area contributed by atoms with E-state index in [0.29, 0.717) is 43.1 Å². The molecule has 1 aliphatic rings. The van der Waals surface area contributed by atoms with E-state index in [-0.39, 0.29) is 16.2 Å². The minimum atomic E-state index is -4.05. The molecule has 0 bridgehead atoms. The first-order valence-electron chi connectivity index (χ1n) is 11.2. The summed E-state index contributed by atoms with van der Waals surface area (Å²) in [6.45, 7) is 3.93. The zero-order valence-electron chi connectivity index (χ0n) is 19.3. The van der Waals surface area contributed by atoms with Crippen LogP contribution < -0.4 is 20.7 Å². The smallest absolute Gasteiger partial charge is 0.314 e. The highest BCUT2D eigenvalue weighted by atomic mass is 32.2. The maximum atomic E-state index is 13.5. The molecule has 3 N–H and O–H groups in total. The van der Waals surface area contributed by atoms with Crippen molar-refractivity contribution in [2.24, 2.45) is 0 Å². The first-order valence-corrected chi connectivity index (χ1v) is 12.7. The third kappa shape index (κ3) is 4.62. The highest BCUT2D eigenvalue weighted by Crippen LogP contribution is 2.35. The summed E-state index contributed by atoms with van der Waals surface area (Å²) in [7, 11) is -4.05. The molecule has 4 aromatic rings. The van der Waals surface area contributed by atoms with Crippen molar-refractivity contribution in [3.63, 3.8) is 0 Å². The van der Waals surface area contributed by atoms with E-state index in [1.165, 1.54) is 24.3 Å². The first kappa shape index (κ1) is 23.8. The molecule has 0 unspecified atom stereocenters. The molecule has 9 nitrogen and oxygen atoms in total. The van der Waals surface area contributed by atoms with E-state index < -0.39 is 21.1 Å². The summed E-state index contributed by atoms with van der Waals surface area (Å²) < 4.78 is 48.3. The number of ether oxygens (including phenoxy) is 1. The monoisotopic (exact) mass is 510 g/mol. The lowest BCUT2D eigenvalue weighted by atomic mass is 10.0. The zero-order valence-corrected chi connectivity index (χ0v) is 20.1. The molecule has 11 heteroatoms. The van der Waals surface area contributed by atoms with Crippen LogP contribution in [-0.2, 0) is 14.8 Å². The SMILES string of the molecule is Cc1cc2[nH]c(=O)c(=O)[nH]c2cc1S(=O)(=O)Nc1ccc(-c2ccc(F)cc2)c(N2CCOCC2)c1. The number of benzene rings is 3. The van der Waals surface area contributed by atoms with E-state index >= 15 is 0 Å². The van der Waals surface area contributed by atoms with Gasteiger partial charge in [0.2, 0.25) is 0 Å². The van der Waals surface area contributed by atoms with Crippen LogP contribution in [0.2, 0.25) is 0 Å². The van der Waals surface area contributed by atoms with Crippen molar-refractivity contribution >= 4 is 32.4 Å². The maximum absolute atomic E-state index is 13.5. The molecule has 3 aromatic carbocycles. The molecular weight excluding hydrogens is 487 g/mol. The standard InChI is InChI=1S/C25H23FN4O5S/c1-15-12-20-21(28-25(32)24(31)27-20)14-23(15)36(33,34)29-18-6-7-19(16-2-4-17(26)5-3-16)22(13-18)30-8-10-35-11-9-30/h2-7,12-14,29H,8-11H2,1H3,(H,27,31)(H,28,32). The molecule has 0 saturated carbocycles. The van der Waals surface area contributed by atoms with Crippen LogP contribution in [0.5, 0.6) is 0 Å². The number of rotatable bonds is 5. The number of nitrogens with one attached hydrogen (secondary N) is 3. The second-order valence-electron chi connectivity index (χ2n) is 8.52. The van der Waals surface area contributed by atoms with Gasteiger partial charge in [0.15, 0.2) is 0 Å². The van der Waals surface area contributed by atoms with Gasteiger partial charge in [0.05, 0.1) is 34.8 Å². The Morgan fingerprint density at radius 1 is 0.917 bits per heavy atom. The van der Waals surface area contributed by atoms with Crippen LogP contribution in [0.4, 0.5) is 15.8 Å². The number of fused-ring (bicyclic) bond motifs is 1. The molecule has 0 amide bonds. The zero-order chi connectivity index (χ0) is 25.4. The largest absolute Gasteiger partial charge is 0.378 e. The molecule has 0 radical (unpaired) electrons. The molecule has 186 valence electrons. The van der Waals surface area contributed by atoms with E-state index in [0.717, 1.165) is 16.8 Å². The number of H-pyrrole nitrogens is 2. The fraction of sp³-hybridized carbons (Fsp3) is 0.200. The third-order valence-corrected chi connectivity index (χ3v) is 7.59. The van der Waals surface area contributed by atoms with Gasteiger partial charge in [0.25, 0.3) is 10.0 Å². The molecule has 0 aliphatic carbocycles. The predicted octanol–water partition coefficient (Wildman–Crippen LogP) is 2.97. The second-order valence-corrected chi connectivity index (χ2v) is 10.2. The van der Waals surface area contributed by atoms with Crippen molar-refractivity contribution in [2.75, 3.05) is 35.9 Å². The summed E-state index contributed by atoms with van der Waals surface area (Å²) in [5, 5.41) is 0. The molecular formula is C25H23FN4O5S. The summed E-state index contributed by atoms with van der Waals surface area (Å²) in [5.74, 6) is -0.341. The van der Waals surface area contributed by atoms with Gasteiger partial charge in [0, 0.05) is 24.3 Å². The lowest BCUT2D eigenvalue weighted by Crippen LogP contribution is -2.36. The van der Waals surface area contributed by atoms with Crippen LogP contribution in [-0.4, -0.2) is 44.7 Å². The summed E-state index contributed by atoms with van der Waals surface area (Å²) in [6.07, 6.45) is 0. The summed E-state index contributed by atoms with van der Waals surface area (Å²) in [5.41, 5.74) is 2.02. The topological polar surface area (TPSA) is 124 Å². The number of nitrogens with zero attached hydrogens (tertiary/aromatic N) is 1. The Morgan fingerprint density at radius 2 is 1.56 bits per heavy atom. The third-order valence-electron chi connectivity index (χ3n) is 6.06. The van der Waals surface area contributed by atoms with E-state index in [9.17, 15) is 22.4 Å². The maximum Gasteiger partial charge on any atom is 0.314 e. The molecule has 0 atom stereocenters. The van der Waals surface area contributed by atoms with E-state index in [4.69, 9.17) is 4.74 Å². The molecule has 36 heavy (non-hydrogen) atoms. The molecule has 1 aromatic heterocycles. The number of aryl methyl sites for hydroxylation is 1. The lowest BCUT2D eigenvalue weighted by molar-refractivity contribution is 0.123. The van der Waals surface area contributed by atoms with Crippen LogP contribution in [0.25, 0.3) is 22.2 Å². The fourth-order valence-electron chi connectivity index (χ4n) is 4.29. The average molecular weight is 511 g/mol. The van der Waals surface area contributed by atoms with Crippen LogP contribution in [0.1, 0.15) is 5.56 Å². The van der Waals surface area contributed by atoms with Gasteiger partial charge in [-0.05, 0) is 54.4 Å². The Morgan fingerprint density at radius 3 is 2.22 bits per heavy atom. The van der Waals surface area contributed by atoms with Gasteiger partial charge >= 0.3 is 11.1 Å². The highest BCUT2D eigenvalue weighted by molar-refractivity contribution is 7.92. The van der Waals surface area contributed by atoms with Gasteiger partial charge in [-0.1, -0.05) is 18.2 Å². The van der Waals surface area contributed by atoms with Crippen molar-refractivity contribution in [1.82, 2.24) is 9.97 Å². The molecule has 5 rings (SSSR count). The van der Waals surface area contributed by atoms with Gasteiger partial charge in [-0.25, -0.2) is 12.8 Å². The number of aromatic nitrogens is 2. The van der Waals surface area contributed by atoms with Gasteiger partial charge < -0.3 is 19.6 Å². The number of anilines is 2. The van der Waals surface area contributed by atoms with Crippen LogP contribution in [0.15, 0.2) is 69.1 Å². The van der Waals surface area contributed by atoms with Gasteiger partial charge in [-0.2, -0.15) is 0 Å². The number of aromatic amines is 2. The van der Waals surface area contributed by atoms with Crippen molar-refractivity contribution in [1.29, 1.82) is 0 Å². The van der Waals surface area contributed by atoms with E-state index in [2.05, 4.69) is 19.6 Å². The number of hydrogen-bond acceptors (Lipinski definition) is 6. The predicted molar refractivity (Wildman–Crippen MR) is 136 cm³/mol. The molecule has 0 spiro atoms. The second kappa shape index (κ2) is 9.25. The Balaban J connectivity index is 1.55. The lowest BCUT2D eigenvalue weighted by Gasteiger charge is -2.31.